The minimum atomic E-state index is -3.04. The summed E-state index contributed by atoms with van der Waals surface area (Å²) in [4.78, 5) is 0. The van der Waals surface area contributed by atoms with Crippen LogP contribution in [0.3, 0.4) is 0 Å². The maximum Gasteiger partial charge on any atom is 0.0803 e. The standard InChI is InChI=1S/C9H18O2/c1-8(2,10)6-7-9(3,4)11-5/h6-7,10H,1-5H3/b7-6+/i1D3,2D3. The molecule has 0 aliphatic carbocycles. The zero-order chi connectivity index (χ0) is 14.1. The van der Waals surface area contributed by atoms with E-state index < -0.39 is 24.9 Å². The molecule has 0 aromatic carbocycles. The molecule has 0 saturated heterocycles. The Morgan fingerprint density at radius 3 is 2.27 bits per heavy atom. The fourth-order valence-corrected chi connectivity index (χ4v) is 0.389. The molecule has 0 unspecified atom stereocenters. The minimum Gasteiger partial charge on any atom is -0.386 e. The van der Waals surface area contributed by atoms with Crippen molar-refractivity contribution in [3.05, 3.63) is 12.2 Å². The summed E-state index contributed by atoms with van der Waals surface area (Å²) in [6.07, 6.45) is 2.00. The predicted octanol–water partition coefficient (Wildman–Crippen LogP) is 1.74. The summed E-state index contributed by atoms with van der Waals surface area (Å²) in [5.74, 6) is 0. The van der Waals surface area contributed by atoms with E-state index in [1.165, 1.54) is 13.2 Å². The number of hydrogen-bond acceptors (Lipinski definition) is 2. The molecule has 1 N–H and O–H groups in total. The van der Waals surface area contributed by atoms with Crippen molar-refractivity contribution in [2.24, 2.45) is 0 Å². The molecule has 2 heteroatoms. The first-order valence-electron chi connectivity index (χ1n) is 6.25. The van der Waals surface area contributed by atoms with Crippen molar-refractivity contribution >= 4 is 0 Å². The van der Waals surface area contributed by atoms with Crippen LogP contribution in [0, 0.1) is 0 Å². The van der Waals surface area contributed by atoms with E-state index in [4.69, 9.17) is 13.0 Å². The van der Waals surface area contributed by atoms with Gasteiger partial charge in [-0.1, -0.05) is 12.2 Å². The summed E-state index contributed by atoms with van der Waals surface area (Å²) in [6, 6.07) is 0. The molecular formula is C9H18O2. The molecule has 0 amide bonds. The number of ether oxygens (including phenoxy) is 1. The Bertz CT molecular complexity index is 275. The highest BCUT2D eigenvalue weighted by Crippen LogP contribution is 2.12. The number of rotatable bonds is 3. The van der Waals surface area contributed by atoms with Gasteiger partial charge in [0.25, 0.3) is 0 Å². The fraction of sp³-hybridized carbons (Fsp3) is 0.778. The maximum absolute atomic E-state index is 9.88. The van der Waals surface area contributed by atoms with Gasteiger partial charge in [0, 0.05) is 15.3 Å². The zero-order valence-corrected chi connectivity index (χ0v) is 7.01. The molecule has 0 bridgehead atoms. The van der Waals surface area contributed by atoms with Gasteiger partial charge in [0.05, 0.1) is 11.2 Å². The van der Waals surface area contributed by atoms with Crippen molar-refractivity contribution in [1.29, 1.82) is 0 Å². The van der Waals surface area contributed by atoms with Gasteiger partial charge < -0.3 is 9.84 Å². The van der Waals surface area contributed by atoms with Crippen LogP contribution in [0.25, 0.3) is 0 Å². The van der Waals surface area contributed by atoms with Gasteiger partial charge >= 0.3 is 0 Å². The first-order valence-corrected chi connectivity index (χ1v) is 3.25. The van der Waals surface area contributed by atoms with E-state index in [0.29, 0.717) is 0 Å². The van der Waals surface area contributed by atoms with Crippen molar-refractivity contribution in [3.8, 4) is 0 Å². The van der Waals surface area contributed by atoms with E-state index in [1.807, 2.05) is 0 Å². The molecule has 0 atom stereocenters. The Morgan fingerprint density at radius 1 is 1.36 bits per heavy atom. The van der Waals surface area contributed by atoms with E-state index >= 15 is 0 Å². The highest BCUT2D eigenvalue weighted by atomic mass is 16.5. The Labute approximate surface area is 77.3 Å². The van der Waals surface area contributed by atoms with E-state index in [2.05, 4.69) is 0 Å². The van der Waals surface area contributed by atoms with E-state index in [-0.39, 0.29) is 0 Å². The SMILES string of the molecule is [2H]C([2H])([2H])C(O)(/C=C/C(C)(C)OC)C([2H])([2H])[2H]. The van der Waals surface area contributed by atoms with E-state index in [9.17, 15) is 5.11 Å². The van der Waals surface area contributed by atoms with E-state index in [1.54, 1.807) is 13.8 Å². The smallest absolute Gasteiger partial charge is 0.0803 e. The van der Waals surface area contributed by atoms with Crippen LogP contribution < -0.4 is 0 Å². The van der Waals surface area contributed by atoms with Gasteiger partial charge in [0.1, 0.15) is 0 Å². The third-order valence-corrected chi connectivity index (χ3v) is 1.25. The summed E-state index contributed by atoms with van der Waals surface area (Å²) >= 11 is 0. The van der Waals surface area contributed by atoms with Gasteiger partial charge in [-0.15, -0.1) is 0 Å². The Morgan fingerprint density at radius 2 is 1.91 bits per heavy atom. The lowest BCUT2D eigenvalue weighted by molar-refractivity contribution is 0.0618. The van der Waals surface area contributed by atoms with Gasteiger partial charge in [-0.05, 0) is 27.6 Å². The van der Waals surface area contributed by atoms with Crippen LogP contribution in [0.4, 0.5) is 0 Å². The van der Waals surface area contributed by atoms with Gasteiger partial charge in [-0.3, -0.25) is 0 Å². The summed E-state index contributed by atoms with van der Waals surface area (Å²) in [5, 5.41) is 9.88. The molecule has 0 fully saturated rings. The normalized spacial score (nSPS) is 24.7. The van der Waals surface area contributed by atoms with Crippen LogP contribution >= 0.6 is 0 Å². The molecule has 0 radical (unpaired) electrons. The van der Waals surface area contributed by atoms with Crippen LogP contribution in [0.15, 0.2) is 12.2 Å². The Balaban J connectivity index is 5.42. The lowest BCUT2D eigenvalue weighted by Gasteiger charge is -2.20. The monoisotopic (exact) mass is 164 g/mol. The molecule has 0 aromatic heterocycles. The third kappa shape index (κ3) is 6.07. The topological polar surface area (TPSA) is 29.5 Å². The lowest BCUT2D eigenvalue weighted by atomic mass is 10.0. The number of methoxy groups -OCH3 is 1. The molecule has 0 aromatic rings. The van der Waals surface area contributed by atoms with Crippen LogP contribution in [0.5, 0.6) is 0 Å². The Hall–Kier alpha value is -0.340. The van der Waals surface area contributed by atoms with Crippen molar-refractivity contribution < 1.29 is 18.1 Å². The van der Waals surface area contributed by atoms with Crippen molar-refractivity contribution in [1.82, 2.24) is 0 Å². The van der Waals surface area contributed by atoms with Crippen LogP contribution in [-0.4, -0.2) is 23.4 Å². The first-order chi connectivity index (χ1) is 7.27. The van der Waals surface area contributed by atoms with Gasteiger partial charge in [0.15, 0.2) is 0 Å². The largest absolute Gasteiger partial charge is 0.386 e. The molecule has 0 spiro atoms. The zero-order valence-electron chi connectivity index (χ0n) is 13.0. The Kier molecular flexibility index (Phi) is 1.24. The van der Waals surface area contributed by atoms with Crippen LogP contribution in [0.2, 0.25) is 0 Å². The average molecular weight is 164 g/mol. The quantitative estimate of drug-likeness (QED) is 0.644. The minimum absolute atomic E-state index is 0.774. The summed E-state index contributed by atoms with van der Waals surface area (Å²) in [5.41, 5.74) is -3.74. The maximum atomic E-state index is 9.88. The van der Waals surface area contributed by atoms with Crippen molar-refractivity contribution in [2.75, 3.05) is 7.11 Å². The molecule has 0 aliphatic rings. The highest BCUT2D eigenvalue weighted by Gasteiger charge is 2.14. The molecule has 0 heterocycles. The number of hydrogen-bond donors (Lipinski definition) is 1. The second kappa shape index (κ2) is 3.37. The highest BCUT2D eigenvalue weighted by molar-refractivity contribution is 5.03. The molecule has 0 aliphatic heterocycles. The lowest BCUT2D eigenvalue weighted by Crippen LogP contribution is -2.22. The van der Waals surface area contributed by atoms with Gasteiger partial charge in [-0.2, -0.15) is 0 Å². The van der Waals surface area contributed by atoms with Crippen molar-refractivity contribution in [3.63, 3.8) is 0 Å². The number of aliphatic hydroxyl groups is 1. The average Bonchev–Trinajstić information content (AvgIpc) is 2.10. The van der Waals surface area contributed by atoms with Gasteiger partial charge in [-0.25, -0.2) is 0 Å². The van der Waals surface area contributed by atoms with Gasteiger partial charge in [0.2, 0.25) is 0 Å². The summed E-state index contributed by atoms with van der Waals surface area (Å²) < 4.78 is 47.8. The second-order valence-electron chi connectivity index (χ2n) is 2.91. The fourth-order valence-electron chi connectivity index (χ4n) is 0.389. The van der Waals surface area contributed by atoms with Crippen molar-refractivity contribution in [2.45, 2.75) is 38.8 Å². The molecule has 0 rings (SSSR count). The predicted molar refractivity (Wildman–Crippen MR) is 46.5 cm³/mol. The molecule has 2 nitrogen and oxygen atoms in total. The van der Waals surface area contributed by atoms with Crippen LogP contribution in [-0.2, 0) is 4.74 Å². The summed E-state index contributed by atoms with van der Waals surface area (Å²) in [6.45, 7) is -2.86. The third-order valence-electron chi connectivity index (χ3n) is 1.25. The molecule has 11 heavy (non-hydrogen) atoms. The summed E-state index contributed by atoms with van der Waals surface area (Å²) in [7, 11) is 1.40. The first kappa shape index (κ1) is 4.06. The molecular weight excluding hydrogens is 140 g/mol. The van der Waals surface area contributed by atoms with E-state index in [0.717, 1.165) is 6.08 Å². The van der Waals surface area contributed by atoms with Crippen LogP contribution in [0.1, 0.15) is 35.8 Å². The molecule has 0 saturated carbocycles. The second-order valence-corrected chi connectivity index (χ2v) is 2.91. The molecule has 66 valence electrons.